The van der Waals surface area contributed by atoms with Crippen LogP contribution in [-0.2, 0) is 19.4 Å². The third-order valence-corrected chi connectivity index (χ3v) is 5.60. The molecule has 0 aliphatic heterocycles. The first-order valence-electron chi connectivity index (χ1n) is 7.75. The summed E-state index contributed by atoms with van der Waals surface area (Å²) in [6, 6.07) is 6.44. The van der Waals surface area contributed by atoms with Crippen LogP contribution in [0.25, 0.3) is 10.2 Å². The molecule has 0 fully saturated rings. The Balaban J connectivity index is 1.82. The second-order valence-corrected chi connectivity index (χ2v) is 7.26. The van der Waals surface area contributed by atoms with Gasteiger partial charge >= 0.3 is 0 Å². The molecule has 6 heteroatoms. The minimum absolute atomic E-state index is 0.107. The van der Waals surface area contributed by atoms with E-state index in [2.05, 4.69) is 17.2 Å². The molecule has 0 bridgehead atoms. The van der Waals surface area contributed by atoms with Crippen molar-refractivity contribution in [2.45, 2.75) is 32.7 Å². The lowest BCUT2D eigenvalue weighted by Gasteiger charge is -2.17. The average molecular weight is 329 g/mol. The maximum Gasteiger partial charge on any atom is 0.279 e. The van der Waals surface area contributed by atoms with Gasteiger partial charge in [0.1, 0.15) is 5.82 Å². The Hall–Kier alpha value is -2.08. The van der Waals surface area contributed by atoms with E-state index in [1.165, 1.54) is 15.6 Å². The van der Waals surface area contributed by atoms with Crippen LogP contribution >= 0.6 is 11.3 Å². The molecule has 0 saturated heterocycles. The molecule has 0 saturated carbocycles. The molecule has 118 valence electrons. The summed E-state index contributed by atoms with van der Waals surface area (Å²) in [6.07, 6.45) is 3.01. The van der Waals surface area contributed by atoms with Gasteiger partial charge in [-0.25, -0.2) is 9.07 Å². The van der Waals surface area contributed by atoms with E-state index in [0.717, 1.165) is 24.8 Å². The number of thiophene rings is 1. The molecule has 4 rings (SSSR count). The maximum atomic E-state index is 13.8. The zero-order valence-corrected chi connectivity index (χ0v) is 13.6. The van der Waals surface area contributed by atoms with E-state index in [9.17, 15) is 9.18 Å². The molecule has 1 atom stereocenters. The third kappa shape index (κ3) is 2.47. The summed E-state index contributed by atoms with van der Waals surface area (Å²) in [6.45, 7) is 2.34. The predicted octanol–water partition coefficient (Wildman–Crippen LogP) is 3.17. The number of rotatable bonds is 2. The van der Waals surface area contributed by atoms with Crippen molar-refractivity contribution in [2.75, 3.05) is 0 Å². The molecule has 23 heavy (non-hydrogen) atoms. The molecule has 0 N–H and O–H groups in total. The zero-order valence-electron chi connectivity index (χ0n) is 12.8. The fourth-order valence-corrected chi connectivity index (χ4v) is 4.50. The number of benzene rings is 1. The molecule has 3 aromatic rings. The summed E-state index contributed by atoms with van der Waals surface area (Å²) in [5.74, 6) is 0.312. The van der Waals surface area contributed by atoms with Crippen LogP contribution in [0.3, 0.4) is 0 Å². The summed E-state index contributed by atoms with van der Waals surface area (Å²) >= 11 is 1.57. The molecular weight excluding hydrogens is 313 g/mol. The Morgan fingerprint density at radius 3 is 3.04 bits per heavy atom. The van der Waals surface area contributed by atoms with Crippen LogP contribution in [0.5, 0.6) is 0 Å². The van der Waals surface area contributed by atoms with Gasteiger partial charge in [-0.05, 0) is 36.8 Å². The van der Waals surface area contributed by atoms with E-state index in [0.29, 0.717) is 21.7 Å². The Bertz CT molecular complexity index is 947. The Kier molecular flexibility index (Phi) is 3.49. The smallest absolute Gasteiger partial charge is 0.267 e. The normalized spacial score (nSPS) is 17.4. The van der Waals surface area contributed by atoms with Gasteiger partial charge in [0.2, 0.25) is 0 Å². The van der Waals surface area contributed by atoms with Gasteiger partial charge in [0, 0.05) is 10.4 Å². The number of aromatic nitrogens is 3. The summed E-state index contributed by atoms with van der Waals surface area (Å²) in [5, 5.41) is 8.89. The molecule has 0 radical (unpaired) electrons. The fraction of sp³-hybridized carbons (Fsp3) is 0.353. The molecule has 0 spiro atoms. The van der Waals surface area contributed by atoms with Crippen molar-refractivity contribution < 1.29 is 4.39 Å². The van der Waals surface area contributed by atoms with Gasteiger partial charge in [0.25, 0.3) is 5.56 Å². The lowest BCUT2D eigenvalue weighted by molar-refractivity contribution is 0.508. The van der Waals surface area contributed by atoms with E-state index >= 15 is 0 Å². The summed E-state index contributed by atoms with van der Waals surface area (Å²) in [5.41, 5.74) is 1.41. The van der Waals surface area contributed by atoms with Gasteiger partial charge in [-0.2, -0.15) is 0 Å². The predicted molar refractivity (Wildman–Crippen MR) is 88.4 cm³/mol. The second-order valence-electron chi connectivity index (χ2n) is 6.18. The zero-order chi connectivity index (χ0) is 16.0. The van der Waals surface area contributed by atoms with Crippen molar-refractivity contribution >= 4 is 21.6 Å². The highest BCUT2D eigenvalue weighted by atomic mass is 32.1. The molecule has 1 aromatic carbocycles. The Morgan fingerprint density at radius 2 is 2.22 bits per heavy atom. The third-order valence-electron chi connectivity index (χ3n) is 4.46. The van der Waals surface area contributed by atoms with E-state index in [1.54, 1.807) is 29.5 Å². The van der Waals surface area contributed by atoms with Gasteiger partial charge < -0.3 is 0 Å². The highest BCUT2D eigenvalue weighted by Crippen LogP contribution is 2.35. The minimum atomic E-state index is -0.331. The first-order valence-corrected chi connectivity index (χ1v) is 8.56. The largest absolute Gasteiger partial charge is 0.279 e. The number of nitrogens with zero attached hydrogens (tertiary/aromatic N) is 3. The SMILES string of the molecule is C[C@H]1CCc2c(sc3nnn(Cc4ccccc4F)c(=O)c23)C1. The summed E-state index contributed by atoms with van der Waals surface area (Å²) in [4.78, 5) is 14.8. The molecule has 0 unspecified atom stereocenters. The molecule has 2 aromatic heterocycles. The highest BCUT2D eigenvalue weighted by Gasteiger charge is 2.23. The lowest BCUT2D eigenvalue weighted by Crippen LogP contribution is -2.25. The van der Waals surface area contributed by atoms with Crippen LogP contribution in [0.15, 0.2) is 29.1 Å². The summed E-state index contributed by atoms with van der Waals surface area (Å²) < 4.78 is 15.1. The first-order chi connectivity index (χ1) is 11.1. The van der Waals surface area contributed by atoms with Crippen LogP contribution in [0, 0.1) is 11.7 Å². The Labute approximate surface area is 136 Å². The van der Waals surface area contributed by atoms with E-state index in [4.69, 9.17) is 0 Å². The topological polar surface area (TPSA) is 47.8 Å². The van der Waals surface area contributed by atoms with Crippen molar-refractivity contribution in [3.8, 4) is 0 Å². The van der Waals surface area contributed by atoms with Crippen LogP contribution in [-0.4, -0.2) is 15.0 Å². The van der Waals surface area contributed by atoms with Crippen molar-refractivity contribution in [1.29, 1.82) is 0 Å². The molecule has 2 heterocycles. The van der Waals surface area contributed by atoms with Crippen LogP contribution in [0.4, 0.5) is 4.39 Å². The van der Waals surface area contributed by atoms with Gasteiger partial charge in [-0.15, -0.1) is 16.4 Å². The monoisotopic (exact) mass is 329 g/mol. The number of hydrogen-bond donors (Lipinski definition) is 0. The van der Waals surface area contributed by atoms with E-state index in [-0.39, 0.29) is 17.9 Å². The van der Waals surface area contributed by atoms with Crippen LogP contribution in [0.1, 0.15) is 29.3 Å². The Morgan fingerprint density at radius 1 is 1.39 bits per heavy atom. The average Bonchev–Trinajstić information content (AvgIpc) is 2.90. The number of aryl methyl sites for hydroxylation is 1. The van der Waals surface area contributed by atoms with Crippen molar-refractivity contribution in [3.05, 3.63) is 56.4 Å². The quantitative estimate of drug-likeness (QED) is 0.725. The van der Waals surface area contributed by atoms with Crippen LogP contribution in [0.2, 0.25) is 0 Å². The maximum absolute atomic E-state index is 13.8. The molecular formula is C17H16FN3OS. The van der Waals surface area contributed by atoms with Crippen LogP contribution < -0.4 is 5.56 Å². The fourth-order valence-electron chi connectivity index (χ4n) is 3.18. The summed E-state index contributed by atoms with van der Waals surface area (Å²) in [7, 11) is 0. The van der Waals surface area contributed by atoms with Gasteiger partial charge in [-0.3, -0.25) is 4.79 Å². The van der Waals surface area contributed by atoms with E-state index in [1.807, 2.05) is 0 Å². The minimum Gasteiger partial charge on any atom is -0.267 e. The molecule has 1 aliphatic rings. The van der Waals surface area contributed by atoms with Crippen molar-refractivity contribution in [1.82, 2.24) is 15.0 Å². The standard InChI is InChI=1S/C17H16FN3OS/c1-10-6-7-12-14(8-10)23-16-15(12)17(22)21(20-19-16)9-11-4-2-3-5-13(11)18/h2-5,10H,6-9H2,1H3/t10-/m0/s1. The molecule has 1 aliphatic carbocycles. The lowest BCUT2D eigenvalue weighted by atomic mass is 9.89. The number of fused-ring (bicyclic) bond motifs is 3. The van der Waals surface area contributed by atoms with E-state index < -0.39 is 0 Å². The first kappa shape index (κ1) is 14.5. The number of hydrogen-bond acceptors (Lipinski definition) is 4. The second kappa shape index (κ2) is 5.53. The van der Waals surface area contributed by atoms with Gasteiger partial charge in [0.05, 0.1) is 11.9 Å². The highest BCUT2D eigenvalue weighted by molar-refractivity contribution is 7.18. The van der Waals surface area contributed by atoms with Crippen molar-refractivity contribution in [3.63, 3.8) is 0 Å². The number of halogens is 1. The molecule has 0 amide bonds. The molecule has 4 nitrogen and oxygen atoms in total. The van der Waals surface area contributed by atoms with Crippen molar-refractivity contribution in [2.24, 2.45) is 5.92 Å². The van der Waals surface area contributed by atoms with Gasteiger partial charge in [-0.1, -0.05) is 30.3 Å². The van der Waals surface area contributed by atoms with Gasteiger partial charge in [0.15, 0.2) is 4.83 Å².